The average Bonchev–Trinajstić information content (AvgIpc) is 2.72. The van der Waals surface area contributed by atoms with Gasteiger partial charge in [0.1, 0.15) is 0 Å². The second-order valence-electron chi connectivity index (χ2n) is 4.72. The van der Waals surface area contributed by atoms with Crippen LogP contribution in [0, 0.1) is 5.92 Å². The fourth-order valence-corrected chi connectivity index (χ4v) is 2.87. The van der Waals surface area contributed by atoms with E-state index < -0.39 is 0 Å². The lowest BCUT2D eigenvalue weighted by molar-refractivity contribution is 0.213. The van der Waals surface area contributed by atoms with E-state index >= 15 is 0 Å². The van der Waals surface area contributed by atoms with Gasteiger partial charge in [0.05, 0.1) is 0 Å². The molecule has 1 aromatic rings. The number of benzene rings is 1. The molecule has 0 spiro atoms. The minimum Gasteiger partial charge on any atom is -0.330 e. The molecule has 1 heterocycles. The summed E-state index contributed by atoms with van der Waals surface area (Å²) in [5.74, 6) is 0.703. The minimum atomic E-state index is 0.685. The van der Waals surface area contributed by atoms with Crippen molar-refractivity contribution < 1.29 is 0 Å². The number of likely N-dealkylation sites (tertiary alicyclic amines) is 1. The molecule has 16 heavy (non-hydrogen) atoms. The predicted octanol–water partition coefficient (Wildman–Crippen LogP) is 2.25. The summed E-state index contributed by atoms with van der Waals surface area (Å²) in [5.41, 5.74) is 7.24. The van der Waals surface area contributed by atoms with Crippen LogP contribution in [-0.2, 0) is 6.54 Å². The van der Waals surface area contributed by atoms with E-state index in [4.69, 9.17) is 5.73 Å². The third-order valence-corrected chi connectivity index (χ3v) is 3.75. The zero-order chi connectivity index (χ0) is 11.4. The summed E-state index contributed by atoms with van der Waals surface area (Å²) in [5, 5.41) is 0. The highest BCUT2D eigenvalue weighted by molar-refractivity contribution is 5.15. The van der Waals surface area contributed by atoms with Gasteiger partial charge in [0.15, 0.2) is 0 Å². The van der Waals surface area contributed by atoms with Crippen molar-refractivity contribution in [3.63, 3.8) is 0 Å². The molecule has 2 nitrogen and oxygen atoms in total. The Morgan fingerprint density at radius 3 is 2.69 bits per heavy atom. The smallest absolute Gasteiger partial charge is 0.0236 e. The van der Waals surface area contributed by atoms with Crippen LogP contribution < -0.4 is 5.73 Å². The SMILES string of the molecule is CCC1C(CN)CCN1Cc1ccccc1. The van der Waals surface area contributed by atoms with Gasteiger partial charge in [0, 0.05) is 12.6 Å². The lowest BCUT2D eigenvalue weighted by atomic mass is 9.98. The first kappa shape index (κ1) is 11.6. The van der Waals surface area contributed by atoms with Crippen LogP contribution in [0.4, 0.5) is 0 Å². The average molecular weight is 218 g/mol. The van der Waals surface area contributed by atoms with Crippen molar-refractivity contribution in [3.05, 3.63) is 35.9 Å². The summed E-state index contributed by atoms with van der Waals surface area (Å²) in [4.78, 5) is 2.59. The molecule has 1 fully saturated rings. The van der Waals surface area contributed by atoms with Gasteiger partial charge in [0.25, 0.3) is 0 Å². The first-order valence-corrected chi connectivity index (χ1v) is 6.33. The molecule has 0 amide bonds. The molecule has 0 bridgehead atoms. The van der Waals surface area contributed by atoms with E-state index in [1.807, 2.05) is 0 Å². The molecule has 1 aromatic carbocycles. The Kier molecular flexibility index (Phi) is 3.97. The van der Waals surface area contributed by atoms with Gasteiger partial charge in [-0.05, 0) is 37.4 Å². The topological polar surface area (TPSA) is 29.3 Å². The Balaban J connectivity index is 2.00. The Labute approximate surface area is 98.4 Å². The number of rotatable bonds is 4. The fourth-order valence-electron chi connectivity index (χ4n) is 2.87. The Hall–Kier alpha value is -0.860. The quantitative estimate of drug-likeness (QED) is 0.840. The van der Waals surface area contributed by atoms with Crippen LogP contribution in [0.15, 0.2) is 30.3 Å². The van der Waals surface area contributed by atoms with E-state index in [1.54, 1.807) is 0 Å². The molecule has 1 aliphatic heterocycles. The molecule has 0 saturated carbocycles. The van der Waals surface area contributed by atoms with Crippen LogP contribution in [0.3, 0.4) is 0 Å². The summed E-state index contributed by atoms with van der Waals surface area (Å²) < 4.78 is 0. The monoisotopic (exact) mass is 218 g/mol. The van der Waals surface area contributed by atoms with Crippen LogP contribution in [0.5, 0.6) is 0 Å². The van der Waals surface area contributed by atoms with Crippen LogP contribution in [0.25, 0.3) is 0 Å². The van der Waals surface area contributed by atoms with Gasteiger partial charge in [-0.15, -0.1) is 0 Å². The summed E-state index contributed by atoms with van der Waals surface area (Å²) in [7, 11) is 0. The van der Waals surface area contributed by atoms with Gasteiger partial charge < -0.3 is 5.73 Å². The Morgan fingerprint density at radius 2 is 2.06 bits per heavy atom. The molecule has 2 N–H and O–H groups in total. The second-order valence-corrected chi connectivity index (χ2v) is 4.72. The minimum absolute atomic E-state index is 0.685. The van der Waals surface area contributed by atoms with Crippen molar-refractivity contribution in [2.24, 2.45) is 11.7 Å². The first-order valence-electron chi connectivity index (χ1n) is 6.33. The van der Waals surface area contributed by atoms with Gasteiger partial charge in [-0.2, -0.15) is 0 Å². The summed E-state index contributed by atoms with van der Waals surface area (Å²) in [6.07, 6.45) is 2.48. The summed E-state index contributed by atoms with van der Waals surface area (Å²) >= 11 is 0. The van der Waals surface area contributed by atoms with Crippen molar-refractivity contribution in [2.75, 3.05) is 13.1 Å². The number of hydrogen-bond donors (Lipinski definition) is 1. The van der Waals surface area contributed by atoms with Gasteiger partial charge in [-0.1, -0.05) is 37.3 Å². The molecule has 0 radical (unpaired) electrons. The lowest BCUT2D eigenvalue weighted by Gasteiger charge is -2.26. The van der Waals surface area contributed by atoms with Gasteiger partial charge >= 0.3 is 0 Å². The molecule has 88 valence electrons. The zero-order valence-electron chi connectivity index (χ0n) is 10.1. The normalized spacial score (nSPS) is 26.1. The Bertz CT molecular complexity index is 310. The van der Waals surface area contributed by atoms with Gasteiger partial charge in [-0.3, -0.25) is 4.90 Å². The highest BCUT2D eigenvalue weighted by Crippen LogP contribution is 2.27. The highest BCUT2D eigenvalue weighted by atomic mass is 15.2. The first-order chi connectivity index (χ1) is 7.85. The molecule has 0 aliphatic carbocycles. The Morgan fingerprint density at radius 1 is 1.31 bits per heavy atom. The molecule has 1 saturated heterocycles. The molecule has 2 unspecified atom stereocenters. The molecule has 1 aliphatic rings. The van der Waals surface area contributed by atoms with Crippen LogP contribution in [0.1, 0.15) is 25.3 Å². The lowest BCUT2D eigenvalue weighted by Crippen LogP contribution is -2.34. The van der Waals surface area contributed by atoms with Crippen LogP contribution >= 0.6 is 0 Å². The van der Waals surface area contributed by atoms with E-state index in [0.717, 1.165) is 13.1 Å². The molecular formula is C14H22N2. The maximum Gasteiger partial charge on any atom is 0.0236 e. The van der Waals surface area contributed by atoms with Crippen LogP contribution in [-0.4, -0.2) is 24.0 Å². The van der Waals surface area contributed by atoms with Crippen molar-refractivity contribution >= 4 is 0 Å². The van der Waals surface area contributed by atoms with Crippen molar-refractivity contribution in [2.45, 2.75) is 32.4 Å². The molecule has 2 heteroatoms. The van der Waals surface area contributed by atoms with E-state index in [2.05, 4.69) is 42.2 Å². The van der Waals surface area contributed by atoms with E-state index in [0.29, 0.717) is 12.0 Å². The second kappa shape index (κ2) is 5.46. The third-order valence-electron chi connectivity index (χ3n) is 3.75. The zero-order valence-corrected chi connectivity index (χ0v) is 10.1. The van der Waals surface area contributed by atoms with E-state index in [1.165, 1.54) is 24.9 Å². The fraction of sp³-hybridized carbons (Fsp3) is 0.571. The maximum absolute atomic E-state index is 5.83. The number of nitrogens with zero attached hydrogens (tertiary/aromatic N) is 1. The molecule has 2 atom stereocenters. The predicted molar refractivity (Wildman–Crippen MR) is 68.1 cm³/mol. The molecule has 2 rings (SSSR count). The van der Waals surface area contributed by atoms with E-state index in [9.17, 15) is 0 Å². The highest BCUT2D eigenvalue weighted by Gasteiger charge is 2.31. The largest absolute Gasteiger partial charge is 0.330 e. The van der Waals surface area contributed by atoms with Crippen LogP contribution in [0.2, 0.25) is 0 Å². The standard InChI is InChI=1S/C14H22N2/c1-2-14-13(10-15)8-9-16(14)11-12-6-4-3-5-7-12/h3-7,13-14H,2,8-11,15H2,1H3. The number of nitrogens with two attached hydrogens (primary N) is 1. The molecular weight excluding hydrogens is 196 g/mol. The van der Waals surface area contributed by atoms with Crippen molar-refractivity contribution in [3.8, 4) is 0 Å². The third kappa shape index (κ3) is 2.45. The summed E-state index contributed by atoms with van der Waals surface area (Å²) in [6, 6.07) is 11.4. The summed E-state index contributed by atoms with van der Waals surface area (Å²) in [6.45, 7) is 5.39. The maximum atomic E-state index is 5.83. The van der Waals surface area contributed by atoms with Gasteiger partial charge in [0.2, 0.25) is 0 Å². The van der Waals surface area contributed by atoms with E-state index in [-0.39, 0.29) is 0 Å². The van der Waals surface area contributed by atoms with Gasteiger partial charge in [-0.25, -0.2) is 0 Å². The van der Waals surface area contributed by atoms with Crippen molar-refractivity contribution in [1.82, 2.24) is 4.90 Å². The molecule has 0 aromatic heterocycles. The number of hydrogen-bond acceptors (Lipinski definition) is 2. The van der Waals surface area contributed by atoms with Crippen molar-refractivity contribution in [1.29, 1.82) is 0 Å².